The Morgan fingerprint density at radius 3 is 3.07 bits per heavy atom. The Morgan fingerprint density at radius 2 is 2.33 bits per heavy atom. The fourth-order valence-electron chi connectivity index (χ4n) is 1.51. The van der Waals surface area contributed by atoms with Gasteiger partial charge in [0, 0.05) is 12.6 Å². The van der Waals surface area contributed by atoms with Gasteiger partial charge in [0.2, 0.25) is 5.43 Å². The van der Waals surface area contributed by atoms with Crippen LogP contribution in [0.1, 0.15) is 30.1 Å². The van der Waals surface area contributed by atoms with E-state index in [2.05, 4.69) is 4.98 Å². The van der Waals surface area contributed by atoms with E-state index in [1.54, 1.807) is 0 Å². The Bertz CT molecular complexity index is 553. The number of thiophene rings is 1. The number of Topliss-reactive ketones (excluding diaryl/α,β-unsaturated/α-hetero) is 1. The zero-order valence-electron chi connectivity index (χ0n) is 8.37. The summed E-state index contributed by atoms with van der Waals surface area (Å²) in [6.07, 6.45) is 2.72. The van der Waals surface area contributed by atoms with Gasteiger partial charge < -0.3 is 4.98 Å². The second-order valence-corrected chi connectivity index (χ2v) is 4.28. The molecule has 2 rings (SSSR count). The molecule has 0 spiro atoms. The molecule has 1 N–H and O–H groups in total. The van der Waals surface area contributed by atoms with Gasteiger partial charge in [0.15, 0.2) is 5.78 Å². The third-order valence-corrected chi connectivity index (χ3v) is 3.18. The molecule has 0 amide bonds. The molecule has 2 heterocycles. The van der Waals surface area contributed by atoms with E-state index >= 15 is 0 Å². The zero-order chi connectivity index (χ0) is 10.8. The summed E-state index contributed by atoms with van der Waals surface area (Å²) < 4.78 is 0.636. The van der Waals surface area contributed by atoms with Crippen LogP contribution in [0.4, 0.5) is 0 Å². The van der Waals surface area contributed by atoms with Crippen molar-refractivity contribution < 1.29 is 4.79 Å². The van der Waals surface area contributed by atoms with E-state index in [1.807, 2.05) is 18.4 Å². The molecule has 0 atom stereocenters. The van der Waals surface area contributed by atoms with Crippen molar-refractivity contribution >= 4 is 27.3 Å². The fraction of sp³-hybridized carbons (Fsp3) is 0.273. The Labute approximate surface area is 90.8 Å². The predicted octanol–water partition coefficient (Wildman–Crippen LogP) is 2.57. The Morgan fingerprint density at radius 1 is 1.53 bits per heavy atom. The van der Waals surface area contributed by atoms with Gasteiger partial charge in [-0.1, -0.05) is 6.92 Å². The second-order valence-electron chi connectivity index (χ2n) is 3.37. The van der Waals surface area contributed by atoms with E-state index in [0.717, 1.165) is 11.9 Å². The SMILES string of the molecule is CCCC(=O)c1c[nH]c2ccsc2c1=O. The minimum Gasteiger partial charge on any atom is -0.360 e. The number of aromatic nitrogens is 1. The maximum atomic E-state index is 11.9. The number of aromatic amines is 1. The number of H-pyrrole nitrogens is 1. The van der Waals surface area contributed by atoms with Crippen LogP contribution in [0.2, 0.25) is 0 Å². The summed E-state index contributed by atoms with van der Waals surface area (Å²) >= 11 is 1.37. The third kappa shape index (κ3) is 1.72. The highest BCUT2D eigenvalue weighted by Crippen LogP contribution is 2.15. The van der Waals surface area contributed by atoms with Crippen LogP contribution < -0.4 is 5.43 Å². The lowest BCUT2D eigenvalue weighted by Crippen LogP contribution is -2.14. The summed E-state index contributed by atoms with van der Waals surface area (Å²) in [6.45, 7) is 1.93. The van der Waals surface area contributed by atoms with E-state index in [4.69, 9.17) is 0 Å². The van der Waals surface area contributed by atoms with Gasteiger partial charge in [-0.25, -0.2) is 0 Å². The first-order valence-electron chi connectivity index (χ1n) is 4.86. The summed E-state index contributed by atoms with van der Waals surface area (Å²) in [5.74, 6) is -0.0750. The van der Waals surface area contributed by atoms with Gasteiger partial charge in [0.25, 0.3) is 0 Å². The van der Waals surface area contributed by atoms with Crippen molar-refractivity contribution in [2.24, 2.45) is 0 Å². The summed E-state index contributed by atoms with van der Waals surface area (Å²) in [6, 6.07) is 1.84. The largest absolute Gasteiger partial charge is 0.360 e. The number of ketones is 1. The maximum absolute atomic E-state index is 11.9. The topological polar surface area (TPSA) is 49.9 Å². The van der Waals surface area contributed by atoms with Crippen molar-refractivity contribution in [1.82, 2.24) is 4.98 Å². The highest BCUT2D eigenvalue weighted by molar-refractivity contribution is 7.17. The normalized spacial score (nSPS) is 10.7. The van der Waals surface area contributed by atoms with Crippen molar-refractivity contribution in [3.05, 3.63) is 33.4 Å². The average molecular weight is 221 g/mol. The Balaban J connectivity index is 2.57. The molecule has 0 aromatic carbocycles. The van der Waals surface area contributed by atoms with Gasteiger partial charge in [-0.2, -0.15) is 0 Å². The number of hydrogen-bond donors (Lipinski definition) is 1. The van der Waals surface area contributed by atoms with Crippen molar-refractivity contribution in [1.29, 1.82) is 0 Å². The van der Waals surface area contributed by atoms with Crippen LogP contribution >= 0.6 is 11.3 Å². The van der Waals surface area contributed by atoms with Gasteiger partial charge in [-0.05, 0) is 17.9 Å². The monoisotopic (exact) mass is 221 g/mol. The molecule has 0 radical (unpaired) electrons. The molecule has 0 saturated carbocycles. The highest BCUT2D eigenvalue weighted by Gasteiger charge is 2.12. The molecule has 0 aliphatic rings. The molecule has 0 bridgehead atoms. The van der Waals surface area contributed by atoms with Gasteiger partial charge in [0.1, 0.15) is 0 Å². The predicted molar refractivity (Wildman–Crippen MR) is 61.7 cm³/mol. The van der Waals surface area contributed by atoms with Crippen LogP contribution in [0.25, 0.3) is 10.2 Å². The van der Waals surface area contributed by atoms with E-state index in [0.29, 0.717) is 11.1 Å². The summed E-state index contributed by atoms with van der Waals surface area (Å²) in [5.41, 5.74) is 0.946. The van der Waals surface area contributed by atoms with Gasteiger partial charge >= 0.3 is 0 Å². The standard InChI is InChI=1S/C11H11NO2S/c1-2-3-9(13)7-6-12-8-4-5-15-11(8)10(7)14/h4-6H,2-3H2,1H3,(H,12,14). The first-order chi connectivity index (χ1) is 7.24. The molecular weight excluding hydrogens is 210 g/mol. The molecule has 0 aliphatic heterocycles. The minimum absolute atomic E-state index is 0.0750. The highest BCUT2D eigenvalue weighted by atomic mass is 32.1. The lowest BCUT2D eigenvalue weighted by atomic mass is 10.1. The molecule has 0 aliphatic carbocycles. The van der Waals surface area contributed by atoms with E-state index in [1.165, 1.54) is 17.5 Å². The molecule has 2 aromatic heterocycles. The third-order valence-electron chi connectivity index (χ3n) is 2.27. The molecule has 0 saturated heterocycles. The molecule has 2 aromatic rings. The van der Waals surface area contributed by atoms with Crippen LogP contribution in [0, 0.1) is 0 Å². The molecule has 4 heteroatoms. The van der Waals surface area contributed by atoms with Crippen molar-refractivity contribution in [2.75, 3.05) is 0 Å². The Hall–Kier alpha value is -1.42. The quantitative estimate of drug-likeness (QED) is 0.810. The van der Waals surface area contributed by atoms with Crippen LogP contribution in [0.3, 0.4) is 0 Å². The number of carbonyl (C=O) groups excluding carboxylic acids is 1. The Kier molecular flexibility index (Phi) is 2.68. The number of hydrogen-bond acceptors (Lipinski definition) is 3. The molecule has 15 heavy (non-hydrogen) atoms. The molecule has 78 valence electrons. The molecular formula is C11H11NO2S. The number of pyridine rings is 1. The van der Waals surface area contributed by atoms with Crippen molar-refractivity contribution in [3.8, 4) is 0 Å². The number of carbonyl (C=O) groups is 1. The van der Waals surface area contributed by atoms with Gasteiger partial charge in [-0.3, -0.25) is 9.59 Å². The van der Waals surface area contributed by atoms with Crippen LogP contribution in [0.15, 0.2) is 22.4 Å². The zero-order valence-corrected chi connectivity index (χ0v) is 9.19. The van der Waals surface area contributed by atoms with Crippen molar-refractivity contribution in [3.63, 3.8) is 0 Å². The first-order valence-corrected chi connectivity index (χ1v) is 5.74. The molecule has 0 unspecified atom stereocenters. The van der Waals surface area contributed by atoms with Gasteiger partial charge in [-0.15, -0.1) is 11.3 Å². The van der Waals surface area contributed by atoms with Crippen LogP contribution in [0.5, 0.6) is 0 Å². The summed E-state index contributed by atoms with van der Waals surface area (Å²) in [4.78, 5) is 26.5. The lowest BCUT2D eigenvalue weighted by molar-refractivity contribution is 0.0980. The number of nitrogens with one attached hydrogen (secondary N) is 1. The number of fused-ring (bicyclic) bond motifs is 1. The molecule has 3 nitrogen and oxygen atoms in total. The average Bonchev–Trinajstić information content (AvgIpc) is 2.67. The van der Waals surface area contributed by atoms with E-state index in [-0.39, 0.29) is 16.8 Å². The second kappa shape index (κ2) is 3.98. The molecule has 0 fully saturated rings. The number of rotatable bonds is 3. The smallest absolute Gasteiger partial charge is 0.210 e. The fourth-order valence-corrected chi connectivity index (χ4v) is 2.32. The van der Waals surface area contributed by atoms with Crippen LogP contribution in [-0.4, -0.2) is 10.8 Å². The maximum Gasteiger partial charge on any atom is 0.210 e. The van der Waals surface area contributed by atoms with Gasteiger partial charge in [0.05, 0.1) is 15.8 Å². The summed E-state index contributed by atoms with van der Waals surface area (Å²) in [5, 5.41) is 1.84. The van der Waals surface area contributed by atoms with E-state index < -0.39 is 0 Å². The van der Waals surface area contributed by atoms with Crippen molar-refractivity contribution in [2.45, 2.75) is 19.8 Å². The minimum atomic E-state index is -0.141. The summed E-state index contributed by atoms with van der Waals surface area (Å²) in [7, 11) is 0. The van der Waals surface area contributed by atoms with E-state index in [9.17, 15) is 9.59 Å². The lowest BCUT2D eigenvalue weighted by Gasteiger charge is -1.98. The van der Waals surface area contributed by atoms with Crippen LogP contribution in [-0.2, 0) is 0 Å². The first kappa shape index (κ1) is 10.1.